The van der Waals surface area contributed by atoms with Crippen molar-refractivity contribution in [2.24, 2.45) is 5.92 Å². The Morgan fingerprint density at radius 1 is 1.57 bits per heavy atom. The lowest BCUT2D eigenvalue weighted by Gasteiger charge is -2.18. The number of hydrogen-bond donors (Lipinski definition) is 0. The molecule has 3 heterocycles. The van der Waals surface area contributed by atoms with Gasteiger partial charge in [-0.15, -0.1) is 0 Å². The summed E-state index contributed by atoms with van der Waals surface area (Å²) in [7, 11) is 1.73. The minimum absolute atomic E-state index is 0.0239. The number of rotatable bonds is 3. The van der Waals surface area contributed by atoms with Gasteiger partial charge in [-0.3, -0.25) is 9.78 Å². The molecule has 2 aromatic heterocycles. The van der Waals surface area contributed by atoms with Gasteiger partial charge in [0.2, 0.25) is 5.91 Å². The third-order valence-corrected chi connectivity index (χ3v) is 4.95. The topological polar surface area (TPSA) is 55.3 Å². The fourth-order valence-electron chi connectivity index (χ4n) is 2.22. The predicted octanol–water partition coefficient (Wildman–Crippen LogP) is 2.86. The second-order valence-corrected chi connectivity index (χ2v) is 6.15. The molecule has 1 aliphatic rings. The molecule has 0 radical (unpaired) electrons. The van der Waals surface area contributed by atoms with E-state index in [2.05, 4.69) is 9.97 Å². The summed E-state index contributed by atoms with van der Waals surface area (Å²) >= 11 is 7.58. The summed E-state index contributed by atoms with van der Waals surface area (Å²) in [5, 5.41) is 1.76. The summed E-state index contributed by atoms with van der Waals surface area (Å²) in [6.07, 6.45) is 4.19. The molecule has 2 aromatic rings. The van der Waals surface area contributed by atoms with Crippen LogP contribution in [-0.2, 0) is 9.53 Å². The van der Waals surface area contributed by atoms with Crippen LogP contribution in [-0.4, -0.2) is 36.1 Å². The summed E-state index contributed by atoms with van der Waals surface area (Å²) in [5.74, 6) is -0.0641. The van der Waals surface area contributed by atoms with Gasteiger partial charge in [0, 0.05) is 31.6 Å². The molecule has 1 fully saturated rings. The number of anilines is 1. The third kappa shape index (κ3) is 2.92. The van der Waals surface area contributed by atoms with Crippen molar-refractivity contribution in [1.29, 1.82) is 0 Å². The molecule has 1 unspecified atom stereocenters. The molecule has 7 heteroatoms. The van der Waals surface area contributed by atoms with Crippen molar-refractivity contribution in [2.45, 2.75) is 6.42 Å². The van der Waals surface area contributed by atoms with Crippen molar-refractivity contribution in [1.82, 2.24) is 9.97 Å². The third-order valence-electron chi connectivity index (χ3n) is 3.39. The van der Waals surface area contributed by atoms with Crippen molar-refractivity contribution in [3.8, 4) is 10.6 Å². The van der Waals surface area contributed by atoms with Gasteiger partial charge in [-0.2, -0.15) is 0 Å². The number of pyridine rings is 1. The van der Waals surface area contributed by atoms with Gasteiger partial charge < -0.3 is 9.64 Å². The first-order chi connectivity index (χ1) is 10.2. The Hall–Kier alpha value is -1.50. The summed E-state index contributed by atoms with van der Waals surface area (Å²) in [4.78, 5) is 22.4. The van der Waals surface area contributed by atoms with E-state index in [1.807, 2.05) is 12.1 Å². The maximum absolute atomic E-state index is 12.4. The molecule has 0 N–H and O–H groups in total. The first-order valence-electron chi connectivity index (χ1n) is 6.59. The lowest BCUT2D eigenvalue weighted by molar-refractivity contribution is -0.122. The fourth-order valence-corrected chi connectivity index (χ4v) is 3.51. The van der Waals surface area contributed by atoms with Crippen LogP contribution in [0.15, 0.2) is 24.5 Å². The Balaban J connectivity index is 1.85. The van der Waals surface area contributed by atoms with Crippen LogP contribution in [0.5, 0.6) is 0 Å². The quantitative estimate of drug-likeness (QED) is 0.871. The van der Waals surface area contributed by atoms with Gasteiger partial charge in [0.25, 0.3) is 0 Å². The lowest BCUT2D eigenvalue weighted by atomic mass is 10.1. The van der Waals surface area contributed by atoms with E-state index in [0.717, 1.165) is 17.0 Å². The molecule has 1 aliphatic heterocycles. The predicted molar refractivity (Wildman–Crippen MR) is 82.7 cm³/mol. The molecule has 0 bridgehead atoms. The zero-order chi connectivity index (χ0) is 14.8. The lowest BCUT2D eigenvalue weighted by Crippen LogP contribution is -2.32. The monoisotopic (exact) mass is 323 g/mol. The number of nitrogens with zero attached hydrogens (tertiary/aromatic N) is 3. The van der Waals surface area contributed by atoms with Gasteiger partial charge in [0.05, 0.1) is 12.5 Å². The maximum Gasteiger partial charge on any atom is 0.232 e. The summed E-state index contributed by atoms with van der Waals surface area (Å²) in [6.45, 7) is 1.12. The number of carbonyl (C=O) groups excluding carboxylic acids is 1. The molecule has 21 heavy (non-hydrogen) atoms. The minimum Gasteiger partial charge on any atom is -0.381 e. The van der Waals surface area contributed by atoms with E-state index in [0.29, 0.717) is 23.4 Å². The molecule has 110 valence electrons. The molecule has 1 atom stereocenters. The Kier molecular flexibility index (Phi) is 4.19. The van der Waals surface area contributed by atoms with Crippen molar-refractivity contribution in [3.05, 3.63) is 29.7 Å². The summed E-state index contributed by atoms with van der Waals surface area (Å²) in [6, 6.07) is 3.76. The van der Waals surface area contributed by atoms with E-state index in [1.165, 1.54) is 11.3 Å². The first-order valence-corrected chi connectivity index (χ1v) is 7.78. The van der Waals surface area contributed by atoms with Crippen molar-refractivity contribution < 1.29 is 9.53 Å². The van der Waals surface area contributed by atoms with Crippen molar-refractivity contribution >= 4 is 33.8 Å². The number of aromatic nitrogens is 2. The van der Waals surface area contributed by atoms with Gasteiger partial charge in [-0.1, -0.05) is 22.9 Å². The van der Waals surface area contributed by atoms with Gasteiger partial charge >= 0.3 is 0 Å². The second kappa shape index (κ2) is 6.09. The molecule has 0 aliphatic carbocycles. The van der Waals surface area contributed by atoms with Crippen LogP contribution in [0.25, 0.3) is 10.6 Å². The van der Waals surface area contributed by atoms with Crippen LogP contribution in [0, 0.1) is 5.92 Å². The molecular formula is C14H14ClN3O2S. The fraction of sp³-hybridized carbons (Fsp3) is 0.357. The van der Waals surface area contributed by atoms with Crippen molar-refractivity contribution in [3.63, 3.8) is 0 Å². The highest BCUT2D eigenvalue weighted by atomic mass is 35.5. The summed E-state index contributed by atoms with van der Waals surface area (Å²) < 4.78 is 5.27. The van der Waals surface area contributed by atoms with Crippen LogP contribution >= 0.6 is 22.9 Å². The molecule has 5 nitrogen and oxygen atoms in total. The Morgan fingerprint density at radius 3 is 3.10 bits per heavy atom. The Bertz CT molecular complexity index is 641. The van der Waals surface area contributed by atoms with Gasteiger partial charge in [-0.05, 0) is 18.6 Å². The molecule has 3 rings (SSSR count). The smallest absolute Gasteiger partial charge is 0.232 e. The highest BCUT2D eigenvalue weighted by Crippen LogP contribution is 2.37. The first kappa shape index (κ1) is 14.4. The van der Waals surface area contributed by atoms with E-state index in [4.69, 9.17) is 16.3 Å². The highest BCUT2D eigenvalue weighted by molar-refractivity contribution is 7.19. The SMILES string of the molecule is CN(C(=O)C1CCOC1)c1sc(-c2cccnc2)nc1Cl. The Morgan fingerprint density at radius 2 is 2.43 bits per heavy atom. The molecule has 1 saturated heterocycles. The Labute approximate surface area is 131 Å². The average Bonchev–Trinajstić information content (AvgIpc) is 3.16. The number of thiazole rings is 1. The van der Waals surface area contributed by atoms with Crippen LogP contribution < -0.4 is 4.90 Å². The van der Waals surface area contributed by atoms with E-state index in [9.17, 15) is 4.79 Å². The normalized spacial score (nSPS) is 17.9. The maximum atomic E-state index is 12.4. The number of amides is 1. The molecule has 0 spiro atoms. The van der Waals surface area contributed by atoms with Crippen LogP contribution in [0.4, 0.5) is 5.00 Å². The number of halogens is 1. The van der Waals surface area contributed by atoms with E-state index < -0.39 is 0 Å². The number of carbonyl (C=O) groups is 1. The number of hydrogen-bond acceptors (Lipinski definition) is 5. The largest absolute Gasteiger partial charge is 0.381 e. The van der Waals surface area contributed by atoms with E-state index in [1.54, 1.807) is 24.3 Å². The zero-order valence-corrected chi connectivity index (χ0v) is 13.0. The standard InChI is InChI=1S/C14H14ClN3O2S/c1-18(13(19)10-4-6-20-8-10)14-11(15)17-12(21-14)9-3-2-5-16-7-9/h2-3,5,7,10H,4,6,8H2,1H3. The van der Waals surface area contributed by atoms with Crippen molar-refractivity contribution in [2.75, 3.05) is 25.2 Å². The second-order valence-electron chi connectivity index (χ2n) is 4.81. The summed E-state index contributed by atoms with van der Waals surface area (Å²) in [5.41, 5.74) is 0.890. The van der Waals surface area contributed by atoms with Crippen LogP contribution in [0.2, 0.25) is 5.15 Å². The van der Waals surface area contributed by atoms with Gasteiger partial charge in [0.15, 0.2) is 5.15 Å². The van der Waals surface area contributed by atoms with E-state index >= 15 is 0 Å². The molecule has 1 amide bonds. The van der Waals surface area contributed by atoms with Gasteiger partial charge in [0.1, 0.15) is 10.0 Å². The van der Waals surface area contributed by atoms with Gasteiger partial charge in [-0.25, -0.2) is 4.98 Å². The average molecular weight is 324 g/mol. The molecular weight excluding hydrogens is 310 g/mol. The number of ether oxygens (including phenoxy) is 1. The zero-order valence-electron chi connectivity index (χ0n) is 11.5. The highest BCUT2D eigenvalue weighted by Gasteiger charge is 2.29. The molecule has 0 saturated carbocycles. The van der Waals surface area contributed by atoms with Crippen LogP contribution in [0.3, 0.4) is 0 Å². The van der Waals surface area contributed by atoms with Crippen LogP contribution in [0.1, 0.15) is 6.42 Å². The minimum atomic E-state index is -0.0880. The molecule has 0 aromatic carbocycles. The van der Waals surface area contributed by atoms with E-state index in [-0.39, 0.29) is 11.8 Å².